The molecule has 1 unspecified atom stereocenters. The maximum atomic E-state index is 11.8. The lowest BCUT2D eigenvalue weighted by Crippen LogP contribution is -2.37. The average Bonchev–Trinajstić information content (AvgIpc) is 2.54. The van der Waals surface area contributed by atoms with Crippen LogP contribution in [0.5, 0.6) is 0 Å². The minimum Gasteiger partial charge on any atom is -0.352 e. The van der Waals surface area contributed by atoms with Crippen LogP contribution in [0.2, 0.25) is 0 Å². The van der Waals surface area contributed by atoms with Gasteiger partial charge in [0, 0.05) is 32.1 Å². The topological polar surface area (TPSA) is 44.4 Å². The first kappa shape index (κ1) is 23.2. The molecular formula is C18H31Cl2N3O. The number of benzene rings is 1. The van der Waals surface area contributed by atoms with Crippen molar-refractivity contribution < 1.29 is 4.79 Å². The van der Waals surface area contributed by atoms with E-state index in [2.05, 4.69) is 46.7 Å². The van der Waals surface area contributed by atoms with Gasteiger partial charge in [-0.15, -0.1) is 24.8 Å². The zero-order chi connectivity index (χ0) is 15.8. The molecule has 2 rings (SSSR count). The van der Waals surface area contributed by atoms with Gasteiger partial charge in [-0.25, -0.2) is 0 Å². The Morgan fingerprint density at radius 2 is 1.92 bits per heavy atom. The van der Waals surface area contributed by atoms with Crippen LogP contribution in [0, 0.1) is 0 Å². The molecule has 2 N–H and O–H groups in total. The molecular weight excluding hydrogens is 345 g/mol. The molecule has 1 fully saturated rings. The first-order chi connectivity index (χ1) is 10.7. The third kappa shape index (κ3) is 7.39. The summed E-state index contributed by atoms with van der Waals surface area (Å²) < 4.78 is 0. The van der Waals surface area contributed by atoms with E-state index in [0.29, 0.717) is 19.0 Å². The summed E-state index contributed by atoms with van der Waals surface area (Å²) in [5.41, 5.74) is 2.57. The van der Waals surface area contributed by atoms with Crippen molar-refractivity contribution in [2.45, 2.75) is 51.7 Å². The number of amides is 1. The lowest BCUT2D eigenvalue weighted by molar-refractivity contribution is -0.121. The molecule has 1 atom stereocenters. The van der Waals surface area contributed by atoms with Crippen LogP contribution >= 0.6 is 24.8 Å². The Bertz CT molecular complexity index is 485. The van der Waals surface area contributed by atoms with Crippen molar-refractivity contribution >= 4 is 30.7 Å². The minimum absolute atomic E-state index is 0. The highest BCUT2D eigenvalue weighted by atomic mass is 35.5. The van der Waals surface area contributed by atoms with Crippen molar-refractivity contribution in [3.8, 4) is 0 Å². The van der Waals surface area contributed by atoms with Gasteiger partial charge in [-0.1, -0.05) is 30.7 Å². The molecule has 0 aliphatic carbocycles. The minimum atomic E-state index is 0. The molecule has 6 heteroatoms. The second-order valence-electron chi connectivity index (χ2n) is 6.21. The van der Waals surface area contributed by atoms with Gasteiger partial charge in [0.2, 0.25) is 5.91 Å². The maximum Gasteiger partial charge on any atom is 0.221 e. The predicted octanol–water partition coefficient (Wildman–Crippen LogP) is 3.13. The Hall–Kier alpha value is -0.810. The third-order valence-electron chi connectivity index (χ3n) is 4.51. The number of hydrogen-bond acceptors (Lipinski definition) is 3. The molecule has 1 aromatic carbocycles. The van der Waals surface area contributed by atoms with Gasteiger partial charge >= 0.3 is 0 Å². The zero-order valence-electron chi connectivity index (χ0n) is 14.7. The summed E-state index contributed by atoms with van der Waals surface area (Å²) >= 11 is 0. The Balaban J connectivity index is 0.00000264. The first-order valence-electron chi connectivity index (χ1n) is 8.43. The molecule has 1 aromatic rings. The molecule has 1 amide bonds. The summed E-state index contributed by atoms with van der Waals surface area (Å²) in [5.74, 6) is 0.107. The molecule has 1 saturated heterocycles. The standard InChI is InChI=1S/C18H29N3O.2ClH/c1-15-7-5-6-12-21(15)14-17-9-4-3-8-16(17)13-20-18(22)10-11-19-2;;/h3-4,8-9,15,19H,5-7,10-14H2,1-2H3,(H,20,22);2*1H. The largest absolute Gasteiger partial charge is 0.352 e. The number of nitrogens with zero attached hydrogens (tertiary/aromatic N) is 1. The molecule has 0 saturated carbocycles. The Labute approximate surface area is 158 Å². The average molecular weight is 376 g/mol. The van der Waals surface area contributed by atoms with Crippen molar-refractivity contribution in [3.63, 3.8) is 0 Å². The number of carbonyl (C=O) groups is 1. The lowest BCUT2D eigenvalue weighted by atomic mass is 10.0. The van der Waals surface area contributed by atoms with Gasteiger partial charge in [0.25, 0.3) is 0 Å². The van der Waals surface area contributed by atoms with Crippen LogP contribution in [0.25, 0.3) is 0 Å². The SMILES string of the molecule is CNCCC(=O)NCc1ccccc1CN1CCCCC1C.Cl.Cl. The predicted molar refractivity (Wildman–Crippen MR) is 105 cm³/mol. The Morgan fingerprint density at radius 1 is 1.21 bits per heavy atom. The Morgan fingerprint density at radius 3 is 2.58 bits per heavy atom. The van der Waals surface area contributed by atoms with Crippen LogP contribution in [-0.4, -0.2) is 37.0 Å². The van der Waals surface area contributed by atoms with Crippen LogP contribution in [0.3, 0.4) is 0 Å². The van der Waals surface area contributed by atoms with Crippen LogP contribution in [0.4, 0.5) is 0 Å². The monoisotopic (exact) mass is 375 g/mol. The smallest absolute Gasteiger partial charge is 0.221 e. The van der Waals surface area contributed by atoms with Gasteiger partial charge in [-0.2, -0.15) is 0 Å². The lowest BCUT2D eigenvalue weighted by Gasteiger charge is -2.33. The van der Waals surface area contributed by atoms with Crippen LogP contribution < -0.4 is 10.6 Å². The van der Waals surface area contributed by atoms with E-state index in [1.54, 1.807) is 0 Å². The second-order valence-corrected chi connectivity index (χ2v) is 6.21. The Kier molecular flexibility index (Phi) is 12.1. The fourth-order valence-corrected chi connectivity index (χ4v) is 3.02. The molecule has 1 aliphatic heterocycles. The van der Waals surface area contributed by atoms with Crippen LogP contribution in [0.15, 0.2) is 24.3 Å². The number of nitrogens with one attached hydrogen (secondary N) is 2. The molecule has 0 radical (unpaired) electrons. The van der Waals surface area contributed by atoms with Crippen molar-refractivity contribution in [2.75, 3.05) is 20.1 Å². The molecule has 1 aliphatic rings. The maximum absolute atomic E-state index is 11.8. The van der Waals surface area contributed by atoms with Crippen molar-refractivity contribution in [1.82, 2.24) is 15.5 Å². The zero-order valence-corrected chi connectivity index (χ0v) is 16.3. The van der Waals surface area contributed by atoms with Crippen molar-refractivity contribution in [2.24, 2.45) is 0 Å². The molecule has 4 nitrogen and oxygen atoms in total. The highest BCUT2D eigenvalue weighted by Crippen LogP contribution is 2.20. The molecule has 1 heterocycles. The van der Waals surface area contributed by atoms with Crippen LogP contribution in [0.1, 0.15) is 43.7 Å². The summed E-state index contributed by atoms with van der Waals surface area (Å²) in [5, 5.41) is 6.02. The number of likely N-dealkylation sites (tertiary alicyclic amines) is 1. The number of rotatable bonds is 7. The van der Waals surface area contributed by atoms with Gasteiger partial charge in [0.05, 0.1) is 0 Å². The van der Waals surface area contributed by atoms with E-state index in [9.17, 15) is 4.79 Å². The number of piperidine rings is 1. The highest BCUT2D eigenvalue weighted by molar-refractivity contribution is 5.85. The van der Waals surface area contributed by atoms with E-state index >= 15 is 0 Å². The number of hydrogen-bond donors (Lipinski definition) is 2. The van der Waals surface area contributed by atoms with Crippen molar-refractivity contribution in [1.29, 1.82) is 0 Å². The number of carbonyl (C=O) groups excluding carboxylic acids is 1. The number of halogens is 2. The normalized spacial score (nSPS) is 17.5. The first-order valence-corrected chi connectivity index (χ1v) is 8.43. The summed E-state index contributed by atoms with van der Waals surface area (Å²) in [6.07, 6.45) is 4.47. The second kappa shape index (κ2) is 12.5. The molecule has 0 spiro atoms. The van der Waals surface area contributed by atoms with Crippen LogP contribution in [-0.2, 0) is 17.9 Å². The fourth-order valence-electron chi connectivity index (χ4n) is 3.02. The van der Waals surface area contributed by atoms with E-state index in [4.69, 9.17) is 0 Å². The molecule has 0 aromatic heterocycles. The summed E-state index contributed by atoms with van der Waals surface area (Å²) in [6, 6.07) is 9.12. The third-order valence-corrected chi connectivity index (χ3v) is 4.51. The van der Waals surface area contributed by atoms with Gasteiger partial charge in [-0.3, -0.25) is 9.69 Å². The van der Waals surface area contributed by atoms with Crippen molar-refractivity contribution in [3.05, 3.63) is 35.4 Å². The quantitative estimate of drug-likeness (QED) is 0.769. The van der Waals surface area contributed by atoms with E-state index in [-0.39, 0.29) is 30.7 Å². The molecule has 138 valence electrons. The fraction of sp³-hybridized carbons (Fsp3) is 0.611. The summed E-state index contributed by atoms with van der Waals surface area (Å²) in [4.78, 5) is 14.3. The molecule has 0 bridgehead atoms. The van der Waals surface area contributed by atoms with Gasteiger partial charge in [0.15, 0.2) is 0 Å². The summed E-state index contributed by atoms with van der Waals surface area (Å²) in [6.45, 7) is 5.84. The highest BCUT2D eigenvalue weighted by Gasteiger charge is 2.19. The van der Waals surface area contributed by atoms with E-state index < -0.39 is 0 Å². The molecule has 24 heavy (non-hydrogen) atoms. The van der Waals surface area contributed by atoms with Gasteiger partial charge in [0.1, 0.15) is 0 Å². The van der Waals surface area contributed by atoms with Gasteiger partial charge in [-0.05, 0) is 44.5 Å². The van der Waals surface area contributed by atoms with Gasteiger partial charge < -0.3 is 10.6 Å². The summed E-state index contributed by atoms with van der Waals surface area (Å²) in [7, 11) is 1.86. The van der Waals surface area contributed by atoms with E-state index in [0.717, 1.165) is 13.1 Å². The van der Waals surface area contributed by atoms with E-state index in [1.807, 2.05) is 7.05 Å². The van der Waals surface area contributed by atoms with E-state index in [1.165, 1.54) is 36.9 Å².